The summed E-state index contributed by atoms with van der Waals surface area (Å²) in [4.78, 5) is 73.0. The van der Waals surface area contributed by atoms with Gasteiger partial charge < -0.3 is 33.8 Å². The van der Waals surface area contributed by atoms with Gasteiger partial charge in [-0.15, -0.1) is 0 Å². The minimum atomic E-state index is -4.97. The summed E-state index contributed by atoms with van der Waals surface area (Å²) < 4.78 is 68.7. The quantitative estimate of drug-likeness (QED) is 0.0169. The van der Waals surface area contributed by atoms with Crippen molar-refractivity contribution in [2.75, 3.05) is 39.6 Å². The zero-order chi connectivity index (χ0) is 72.8. The molecule has 17 nitrogen and oxygen atoms in total. The summed E-state index contributed by atoms with van der Waals surface area (Å²) in [5.41, 5.74) is 0. The number of rotatable bonds is 77. The molecule has 3 N–H and O–H groups in total. The van der Waals surface area contributed by atoms with Gasteiger partial charge in [0.2, 0.25) is 0 Å². The van der Waals surface area contributed by atoms with Gasteiger partial charge in [-0.3, -0.25) is 37.3 Å². The molecule has 0 amide bonds. The molecule has 0 aromatic rings. The number of aliphatic hydroxyl groups excluding tert-OH is 1. The van der Waals surface area contributed by atoms with Gasteiger partial charge in [-0.05, 0) is 63.2 Å². The van der Waals surface area contributed by atoms with Gasteiger partial charge in [-0.1, -0.05) is 342 Å². The summed E-state index contributed by atoms with van der Waals surface area (Å²) in [6, 6.07) is 0. The number of esters is 4. The van der Waals surface area contributed by atoms with Crippen LogP contribution in [0, 0.1) is 11.8 Å². The summed E-state index contributed by atoms with van der Waals surface area (Å²) in [5, 5.41) is 10.6. The highest BCUT2D eigenvalue weighted by molar-refractivity contribution is 7.47. The van der Waals surface area contributed by atoms with Crippen molar-refractivity contribution in [3.8, 4) is 0 Å². The molecule has 0 radical (unpaired) electrons. The van der Waals surface area contributed by atoms with E-state index in [0.717, 1.165) is 121 Å². The first-order chi connectivity index (χ1) is 47.9. The summed E-state index contributed by atoms with van der Waals surface area (Å²) >= 11 is 0. The smallest absolute Gasteiger partial charge is 0.462 e. The number of hydrogen-bond donors (Lipinski definition) is 3. The Morgan fingerprint density at radius 2 is 0.596 bits per heavy atom. The van der Waals surface area contributed by atoms with E-state index in [1.807, 2.05) is 0 Å². The van der Waals surface area contributed by atoms with Crippen LogP contribution in [-0.4, -0.2) is 96.7 Å². The summed E-state index contributed by atoms with van der Waals surface area (Å²) in [6.45, 7) is 9.56. The zero-order valence-corrected chi connectivity index (χ0v) is 66.1. The maximum absolute atomic E-state index is 13.1. The van der Waals surface area contributed by atoms with Gasteiger partial charge >= 0.3 is 39.5 Å². The minimum Gasteiger partial charge on any atom is -0.462 e. The molecule has 6 atom stereocenters. The van der Waals surface area contributed by atoms with Crippen LogP contribution in [0.3, 0.4) is 0 Å². The molecule has 99 heavy (non-hydrogen) atoms. The Morgan fingerprint density at radius 1 is 0.333 bits per heavy atom. The summed E-state index contributed by atoms with van der Waals surface area (Å²) in [7, 11) is -9.93. The van der Waals surface area contributed by atoms with Crippen LogP contribution < -0.4 is 0 Å². The molecule has 0 rings (SSSR count). The number of carbonyl (C=O) groups is 4. The first-order valence-electron chi connectivity index (χ1n) is 40.8. The van der Waals surface area contributed by atoms with Gasteiger partial charge in [-0.2, -0.15) is 0 Å². The Morgan fingerprint density at radius 3 is 0.909 bits per heavy atom. The Hall–Kier alpha value is -2.46. The van der Waals surface area contributed by atoms with Crippen LogP contribution >= 0.6 is 15.6 Å². The highest BCUT2D eigenvalue weighted by Gasteiger charge is 2.30. The maximum Gasteiger partial charge on any atom is 0.472 e. The van der Waals surface area contributed by atoms with Crippen molar-refractivity contribution in [1.29, 1.82) is 0 Å². The third-order valence-corrected chi connectivity index (χ3v) is 20.3. The SMILES string of the molecule is CCCCCC/C=C\C=C/CCCCCCCC(=O)OC[C@H](COP(=O)(O)OC[C@@H](O)COP(=O)(O)OC[C@@H](COC(=O)CCCCCCCCCCC(C)CC)OC(=O)CCCCCCCCCCCCCC(C)C)OC(=O)CCCCCCCCCCCCCCCCCCCC. The molecule has 0 saturated heterocycles. The van der Waals surface area contributed by atoms with Crippen LogP contribution in [0.15, 0.2) is 24.3 Å². The lowest BCUT2D eigenvalue weighted by Crippen LogP contribution is -2.30. The van der Waals surface area contributed by atoms with Crippen LogP contribution in [-0.2, 0) is 65.4 Å². The summed E-state index contributed by atoms with van der Waals surface area (Å²) in [6.07, 6.45) is 63.1. The van der Waals surface area contributed by atoms with Crippen molar-refractivity contribution in [2.45, 2.75) is 413 Å². The second-order valence-corrected chi connectivity index (χ2v) is 31.7. The van der Waals surface area contributed by atoms with E-state index in [-0.39, 0.29) is 25.7 Å². The summed E-state index contributed by atoms with van der Waals surface area (Å²) in [5.74, 6) is -0.601. The Bertz CT molecular complexity index is 2000. The van der Waals surface area contributed by atoms with Crippen LogP contribution in [0.5, 0.6) is 0 Å². The topological polar surface area (TPSA) is 237 Å². The molecule has 0 aliphatic heterocycles. The van der Waals surface area contributed by atoms with E-state index >= 15 is 0 Å². The van der Waals surface area contributed by atoms with Gasteiger partial charge in [0.25, 0.3) is 0 Å². The molecule has 0 bridgehead atoms. The minimum absolute atomic E-state index is 0.102. The fraction of sp³-hybridized carbons (Fsp3) is 0.900. The molecule has 584 valence electrons. The largest absolute Gasteiger partial charge is 0.472 e. The third kappa shape index (κ3) is 72.3. The molecule has 0 aromatic heterocycles. The molecule has 3 unspecified atom stereocenters. The molecule has 0 aliphatic rings. The van der Waals surface area contributed by atoms with Crippen molar-refractivity contribution in [1.82, 2.24) is 0 Å². The highest BCUT2D eigenvalue weighted by Crippen LogP contribution is 2.45. The Balaban J connectivity index is 5.30. The van der Waals surface area contributed by atoms with Crippen molar-refractivity contribution in [3.63, 3.8) is 0 Å². The van der Waals surface area contributed by atoms with E-state index in [1.165, 1.54) is 193 Å². The monoisotopic (exact) mass is 1450 g/mol. The first kappa shape index (κ1) is 96.5. The molecule has 19 heteroatoms. The normalized spacial score (nSPS) is 14.4. The zero-order valence-electron chi connectivity index (χ0n) is 64.3. The predicted octanol–water partition coefficient (Wildman–Crippen LogP) is 23.4. The standard InChI is InChI=1S/C80H152O17P2/c1-7-10-12-14-16-18-20-22-24-25-26-28-30-34-38-46-52-58-64-79(84)96-75(68-90-77(82)62-56-50-44-37-33-29-27-23-21-19-17-15-13-11-8-2)70-94-98(86,87)92-66-74(81)67-93-99(88,89)95-71-76(69-91-78(83)63-57-51-45-41-40-43-49-55-61-73(6)9-3)97-80(85)65-59-53-47-39-35-31-32-36-42-48-54-60-72(4)5/h19,21,23,27,72-76,81H,7-18,20,22,24-26,28-71H2,1-6H3,(H,86,87)(H,88,89)/b21-19-,27-23-/t73?,74-,75-,76-/m1/s1. The molecule has 0 aliphatic carbocycles. The number of allylic oxidation sites excluding steroid dienone is 4. The van der Waals surface area contributed by atoms with Gasteiger partial charge in [0, 0.05) is 25.7 Å². The van der Waals surface area contributed by atoms with Crippen LogP contribution in [0.2, 0.25) is 0 Å². The van der Waals surface area contributed by atoms with Crippen LogP contribution in [0.4, 0.5) is 0 Å². The molecule has 0 heterocycles. The van der Waals surface area contributed by atoms with Crippen molar-refractivity contribution in [3.05, 3.63) is 24.3 Å². The molecule has 0 saturated carbocycles. The van der Waals surface area contributed by atoms with E-state index < -0.39 is 97.5 Å². The number of aliphatic hydroxyl groups is 1. The van der Waals surface area contributed by atoms with Crippen LogP contribution in [0.25, 0.3) is 0 Å². The van der Waals surface area contributed by atoms with E-state index in [1.54, 1.807) is 0 Å². The first-order valence-corrected chi connectivity index (χ1v) is 43.8. The maximum atomic E-state index is 13.1. The molecule has 0 fully saturated rings. The average molecular weight is 1450 g/mol. The Kier molecular flexibility index (Phi) is 69.4. The average Bonchev–Trinajstić information content (AvgIpc) is 1.03. The van der Waals surface area contributed by atoms with Gasteiger partial charge in [0.1, 0.15) is 19.3 Å². The lowest BCUT2D eigenvalue weighted by molar-refractivity contribution is -0.161. The van der Waals surface area contributed by atoms with E-state index in [2.05, 4.69) is 65.8 Å². The third-order valence-electron chi connectivity index (χ3n) is 18.4. The van der Waals surface area contributed by atoms with Gasteiger partial charge in [0.15, 0.2) is 12.2 Å². The van der Waals surface area contributed by atoms with E-state index in [9.17, 15) is 43.2 Å². The lowest BCUT2D eigenvalue weighted by Gasteiger charge is -2.21. The predicted molar refractivity (Wildman–Crippen MR) is 404 cm³/mol. The molecule has 0 aromatic carbocycles. The molecular weight excluding hydrogens is 1290 g/mol. The van der Waals surface area contributed by atoms with E-state index in [4.69, 9.17) is 37.0 Å². The number of unbranched alkanes of at least 4 members (excludes halogenated alkanes) is 43. The number of phosphoric acid groups is 2. The second-order valence-electron chi connectivity index (χ2n) is 28.8. The number of ether oxygens (including phenoxy) is 4. The number of carbonyl (C=O) groups excluding carboxylic acids is 4. The molecular formula is C80H152O17P2. The van der Waals surface area contributed by atoms with Crippen molar-refractivity contribution in [2.24, 2.45) is 11.8 Å². The van der Waals surface area contributed by atoms with E-state index in [0.29, 0.717) is 25.7 Å². The second kappa shape index (κ2) is 71.2. The fourth-order valence-corrected chi connectivity index (χ4v) is 13.4. The molecule has 0 spiro atoms. The van der Waals surface area contributed by atoms with Gasteiger partial charge in [-0.25, -0.2) is 9.13 Å². The Labute approximate surface area is 605 Å². The van der Waals surface area contributed by atoms with Crippen molar-refractivity contribution >= 4 is 39.5 Å². The van der Waals surface area contributed by atoms with Crippen LogP contribution in [0.1, 0.15) is 395 Å². The van der Waals surface area contributed by atoms with Crippen molar-refractivity contribution < 1.29 is 80.2 Å². The van der Waals surface area contributed by atoms with Gasteiger partial charge in [0.05, 0.1) is 26.4 Å². The number of hydrogen-bond acceptors (Lipinski definition) is 15. The highest BCUT2D eigenvalue weighted by atomic mass is 31.2. The lowest BCUT2D eigenvalue weighted by atomic mass is 9.99. The number of phosphoric ester groups is 2. The fourth-order valence-electron chi connectivity index (χ4n) is 11.8.